The predicted molar refractivity (Wildman–Crippen MR) is 59.4 cm³/mol. The lowest BCUT2D eigenvalue weighted by Gasteiger charge is -2.16. The van der Waals surface area contributed by atoms with E-state index in [1.54, 1.807) is 0 Å². The van der Waals surface area contributed by atoms with Crippen LogP contribution in [0.15, 0.2) is 18.2 Å². The van der Waals surface area contributed by atoms with Gasteiger partial charge in [0.2, 0.25) is 0 Å². The van der Waals surface area contributed by atoms with Crippen molar-refractivity contribution in [2.45, 2.75) is 25.9 Å². The molecule has 94 valence electrons. The molecule has 0 heterocycles. The standard InChI is InChI=1S/C12H15F2NO2/c1-12(2,17)11(16)15-4-3-8-5-9(13)7-10(14)6-8/h5-7,17H,3-4H2,1-2H3,(H,15,16). The van der Waals surface area contributed by atoms with E-state index in [-0.39, 0.29) is 6.54 Å². The molecule has 1 amide bonds. The topological polar surface area (TPSA) is 49.3 Å². The zero-order chi connectivity index (χ0) is 13.1. The molecule has 1 rings (SSSR count). The molecule has 0 aliphatic carbocycles. The fourth-order valence-corrected chi connectivity index (χ4v) is 1.29. The Morgan fingerprint density at radius 1 is 1.29 bits per heavy atom. The van der Waals surface area contributed by atoms with Crippen molar-refractivity contribution >= 4 is 5.91 Å². The average molecular weight is 243 g/mol. The van der Waals surface area contributed by atoms with Crippen LogP contribution in [0.2, 0.25) is 0 Å². The van der Waals surface area contributed by atoms with Gasteiger partial charge in [-0.1, -0.05) is 0 Å². The van der Waals surface area contributed by atoms with Crippen molar-refractivity contribution in [2.24, 2.45) is 0 Å². The third kappa shape index (κ3) is 4.48. The van der Waals surface area contributed by atoms with Gasteiger partial charge in [0.25, 0.3) is 5.91 Å². The summed E-state index contributed by atoms with van der Waals surface area (Å²) in [6, 6.07) is 3.21. The fourth-order valence-electron chi connectivity index (χ4n) is 1.29. The largest absolute Gasteiger partial charge is 0.381 e. The van der Waals surface area contributed by atoms with E-state index in [9.17, 15) is 18.7 Å². The van der Waals surface area contributed by atoms with Crippen LogP contribution in [0.3, 0.4) is 0 Å². The molecular formula is C12H15F2NO2. The van der Waals surface area contributed by atoms with Crippen molar-refractivity contribution in [3.05, 3.63) is 35.4 Å². The number of hydrogen-bond acceptors (Lipinski definition) is 2. The lowest BCUT2D eigenvalue weighted by Crippen LogP contribution is -2.42. The van der Waals surface area contributed by atoms with E-state index in [2.05, 4.69) is 5.32 Å². The molecule has 0 saturated heterocycles. The van der Waals surface area contributed by atoms with Crippen molar-refractivity contribution in [3.63, 3.8) is 0 Å². The van der Waals surface area contributed by atoms with Crippen molar-refractivity contribution < 1.29 is 18.7 Å². The van der Waals surface area contributed by atoms with Gasteiger partial charge in [0.1, 0.15) is 17.2 Å². The molecule has 1 aromatic carbocycles. The second-order valence-electron chi connectivity index (χ2n) is 4.34. The monoisotopic (exact) mass is 243 g/mol. The SMILES string of the molecule is CC(C)(O)C(=O)NCCc1cc(F)cc(F)c1. The van der Waals surface area contributed by atoms with Crippen molar-refractivity contribution in [1.29, 1.82) is 0 Å². The van der Waals surface area contributed by atoms with Gasteiger partial charge in [0.05, 0.1) is 0 Å². The third-order valence-corrected chi connectivity index (χ3v) is 2.18. The minimum absolute atomic E-state index is 0.214. The molecule has 1 aromatic rings. The number of carbonyl (C=O) groups excluding carboxylic acids is 1. The van der Waals surface area contributed by atoms with Gasteiger partial charge in [0.15, 0.2) is 0 Å². The summed E-state index contributed by atoms with van der Waals surface area (Å²) in [5.74, 6) is -1.81. The lowest BCUT2D eigenvalue weighted by atomic mass is 10.1. The molecular weight excluding hydrogens is 228 g/mol. The predicted octanol–water partition coefficient (Wildman–Crippen LogP) is 1.39. The van der Waals surface area contributed by atoms with E-state index >= 15 is 0 Å². The third-order valence-electron chi connectivity index (χ3n) is 2.18. The van der Waals surface area contributed by atoms with E-state index in [4.69, 9.17) is 0 Å². The molecule has 5 heteroatoms. The second kappa shape index (κ2) is 5.23. The first kappa shape index (κ1) is 13.6. The Bertz CT molecular complexity index is 393. The van der Waals surface area contributed by atoms with Gasteiger partial charge >= 0.3 is 0 Å². The summed E-state index contributed by atoms with van der Waals surface area (Å²) in [7, 11) is 0. The maximum absolute atomic E-state index is 12.8. The van der Waals surface area contributed by atoms with Crippen LogP contribution in [0.1, 0.15) is 19.4 Å². The van der Waals surface area contributed by atoms with Gasteiger partial charge in [-0.15, -0.1) is 0 Å². The first-order chi connectivity index (χ1) is 7.79. The highest BCUT2D eigenvalue weighted by molar-refractivity contribution is 5.83. The van der Waals surface area contributed by atoms with E-state index in [0.29, 0.717) is 12.0 Å². The highest BCUT2D eigenvalue weighted by Crippen LogP contribution is 2.08. The van der Waals surface area contributed by atoms with Crippen LogP contribution in [-0.4, -0.2) is 23.2 Å². The Labute approximate surface area is 98.5 Å². The van der Waals surface area contributed by atoms with Gasteiger partial charge in [0, 0.05) is 12.6 Å². The Balaban J connectivity index is 2.49. The molecule has 0 saturated carbocycles. The van der Waals surface area contributed by atoms with Crippen LogP contribution >= 0.6 is 0 Å². The van der Waals surface area contributed by atoms with Gasteiger partial charge < -0.3 is 10.4 Å². The molecule has 0 radical (unpaired) electrons. The summed E-state index contributed by atoms with van der Waals surface area (Å²) in [4.78, 5) is 11.3. The summed E-state index contributed by atoms with van der Waals surface area (Å²) >= 11 is 0. The van der Waals surface area contributed by atoms with Crippen LogP contribution in [0, 0.1) is 11.6 Å². The van der Waals surface area contributed by atoms with E-state index in [0.717, 1.165) is 6.07 Å². The number of benzene rings is 1. The first-order valence-electron chi connectivity index (χ1n) is 5.24. The summed E-state index contributed by atoms with van der Waals surface area (Å²) in [5, 5.41) is 11.8. The summed E-state index contributed by atoms with van der Waals surface area (Å²) in [6.07, 6.45) is 0.302. The Hall–Kier alpha value is -1.49. The number of nitrogens with one attached hydrogen (secondary N) is 1. The van der Waals surface area contributed by atoms with E-state index < -0.39 is 23.1 Å². The number of rotatable bonds is 4. The Morgan fingerprint density at radius 3 is 2.29 bits per heavy atom. The lowest BCUT2D eigenvalue weighted by molar-refractivity contribution is -0.136. The molecule has 0 unspecified atom stereocenters. The molecule has 0 atom stereocenters. The first-order valence-corrected chi connectivity index (χ1v) is 5.24. The number of hydrogen-bond donors (Lipinski definition) is 2. The molecule has 0 bridgehead atoms. The van der Waals surface area contributed by atoms with Crippen molar-refractivity contribution in [3.8, 4) is 0 Å². The summed E-state index contributed by atoms with van der Waals surface area (Å²) in [5.41, 5.74) is -0.994. The Kier molecular flexibility index (Phi) is 4.17. The zero-order valence-electron chi connectivity index (χ0n) is 9.76. The average Bonchev–Trinajstić information content (AvgIpc) is 2.14. The number of halogens is 2. The number of amides is 1. The van der Waals surface area contributed by atoms with Crippen LogP contribution < -0.4 is 5.32 Å². The normalized spacial score (nSPS) is 11.4. The van der Waals surface area contributed by atoms with Crippen LogP contribution in [0.4, 0.5) is 8.78 Å². The minimum Gasteiger partial charge on any atom is -0.381 e. The molecule has 0 fully saturated rings. The zero-order valence-corrected chi connectivity index (χ0v) is 9.76. The molecule has 3 nitrogen and oxygen atoms in total. The van der Waals surface area contributed by atoms with Gasteiger partial charge in [-0.25, -0.2) is 8.78 Å². The molecule has 0 aromatic heterocycles. The van der Waals surface area contributed by atoms with Gasteiger partial charge in [-0.05, 0) is 38.0 Å². The summed E-state index contributed by atoms with van der Waals surface area (Å²) < 4.78 is 25.7. The number of carbonyl (C=O) groups is 1. The molecule has 2 N–H and O–H groups in total. The molecule has 0 spiro atoms. The van der Waals surface area contributed by atoms with Gasteiger partial charge in [-0.2, -0.15) is 0 Å². The maximum Gasteiger partial charge on any atom is 0.251 e. The van der Waals surface area contributed by atoms with E-state index in [1.165, 1.54) is 26.0 Å². The smallest absolute Gasteiger partial charge is 0.251 e. The fraction of sp³-hybridized carbons (Fsp3) is 0.417. The van der Waals surface area contributed by atoms with Crippen molar-refractivity contribution in [1.82, 2.24) is 5.32 Å². The highest BCUT2D eigenvalue weighted by atomic mass is 19.1. The minimum atomic E-state index is -1.45. The Morgan fingerprint density at radius 2 is 1.82 bits per heavy atom. The molecule has 17 heavy (non-hydrogen) atoms. The quantitative estimate of drug-likeness (QED) is 0.839. The highest BCUT2D eigenvalue weighted by Gasteiger charge is 2.22. The summed E-state index contributed by atoms with van der Waals surface area (Å²) in [6.45, 7) is 2.94. The van der Waals surface area contributed by atoms with Crippen LogP contribution in [0.25, 0.3) is 0 Å². The van der Waals surface area contributed by atoms with Crippen LogP contribution in [0.5, 0.6) is 0 Å². The van der Waals surface area contributed by atoms with Crippen LogP contribution in [-0.2, 0) is 11.2 Å². The van der Waals surface area contributed by atoms with Crippen molar-refractivity contribution in [2.75, 3.05) is 6.54 Å². The van der Waals surface area contributed by atoms with E-state index in [1.807, 2.05) is 0 Å². The molecule has 0 aliphatic rings. The van der Waals surface area contributed by atoms with Gasteiger partial charge in [-0.3, -0.25) is 4.79 Å². The maximum atomic E-state index is 12.8. The number of aliphatic hydroxyl groups is 1. The second-order valence-corrected chi connectivity index (χ2v) is 4.34. The molecule has 0 aliphatic heterocycles.